The summed E-state index contributed by atoms with van der Waals surface area (Å²) in [6.07, 6.45) is 0. The quantitative estimate of drug-likeness (QED) is 0.171. The molecule has 0 radical (unpaired) electrons. The van der Waals surface area contributed by atoms with Crippen LogP contribution in [0.3, 0.4) is 0 Å². The molecule has 17 heavy (non-hydrogen) atoms. The Morgan fingerprint density at radius 1 is 0.529 bits per heavy atom. The monoisotopic (exact) mass is 826 g/mol. The molecule has 0 spiro atoms. The van der Waals surface area contributed by atoms with E-state index in [-0.39, 0.29) is 44.8 Å². The van der Waals surface area contributed by atoms with E-state index in [1.54, 1.807) is 0 Å². The van der Waals surface area contributed by atoms with Gasteiger partial charge in [0.1, 0.15) is 0 Å². The summed E-state index contributed by atoms with van der Waals surface area (Å²) in [6.45, 7) is -8.00. The van der Waals surface area contributed by atoms with Gasteiger partial charge in [0.15, 0.2) is 0 Å². The first-order valence-electron chi connectivity index (χ1n) is 2.00. The third-order valence-electron chi connectivity index (χ3n) is 0. The summed E-state index contributed by atoms with van der Waals surface area (Å²) in [4.78, 5) is 0. The van der Waals surface area contributed by atoms with E-state index in [2.05, 4.69) is 102 Å². The van der Waals surface area contributed by atoms with Gasteiger partial charge >= 0.3 is 44.8 Å². The van der Waals surface area contributed by atoms with Gasteiger partial charge in [0.05, 0.1) is 0 Å². The third kappa shape index (κ3) is 321. The zero-order valence-electron chi connectivity index (χ0n) is 6.73. The Bertz CT molecular complexity index is 341. The molecule has 0 unspecified atom stereocenters. The summed E-state index contributed by atoms with van der Waals surface area (Å²) >= 11 is 35.9. The molecule has 3 nitrogen and oxygen atoms in total. The largest absolute Gasteiger partial charge is 3.00 e. The van der Waals surface area contributed by atoms with E-state index in [4.69, 9.17) is 0 Å². The van der Waals surface area contributed by atoms with E-state index < -0.39 is 19.4 Å². The Hall–Kier alpha value is 4.78. The molecule has 0 N–H and O–H groups in total. The Morgan fingerprint density at radius 2 is 0.529 bits per heavy atom. The molecule has 17 heteroatoms. The van der Waals surface area contributed by atoms with Gasteiger partial charge in [-0.05, 0) is 0 Å². The Kier molecular flexibility index (Phi) is 30.8. The first-order valence-corrected chi connectivity index (χ1v) is 15.0. The van der Waals surface area contributed by atoms with Crippen LogP contribution in [-0.2, 0) is 166 Å². The molecule has 0 aromatic carbocycles. The van der Waals surface area contributed by atoms with Crippen molar-refractivity contribution in [2.75, 3.05) is 0 Å². The van der Waals surface area contributed by atoms with Crippen LogP contribution in [0.4, 0.5) is 0 Å². The maximum Gasteiger partial charge on any atom is 3.00 e. The summed E-state index contributed by atoms with van der Waals surface area (Å²) in [5, 5.41) is 0. The topological polar surface area (TPSA) is 69.2 Å². The van der Waals surface area contributed by atoms with Gasteiger partial charge < -0.3 is 48.6 Å². The predicted octanol–water partition coefficient (Wildman–Crippen LogP) is -1.04. The van der Waals surface area contributed by atoms with Gasteiger partial charge in [0.2, 0.25) is 0 Å². The number of hydrogen-bond donors (Lipinski definition) is 0. The number of hydrogen-bond acceptors (Lipinski definition) is 12. The van der Waals surface area contributed by atoms with E-state index in [0.29, 0.717) is 0 Å². The molecule has 112 valence electrons. The fraction of sp³-hybridized carbons (Fsp3) is 0. The molecule has 0 saturated carbocycles. The molecule has 0 atom stereocenters. The minimum absolute atomic E-state index is 0. The van der Waals surface area contributed by atoms with Gasteiger partial charge in [0.25, 0.3) is 0 Å². The average molecular weight is 827 g/mol. The van der Waals surface area contributed by atoms with Crippen molar-refractivity contribution < 1.29 is 58.4 Å². The van der Waals surface area contributed by atoms with Crippen LogP contribution in [0.15, 0.2) is 0 Å². The maximum atomic E-state index is 9.63. The van der Waals surface area contributed by atoms with E-state index in [9.17, 15) is 13.7 Å². The molecule has 0 rings (SSSR count). The van der Waals surface area contributed by atoms with Crippen molar-refractivity contribution in [1.29, 1.82) is 0 Å². The zero-order valence-corrected chi connectivity index (χ0v) is 20.9. The summed E-state index contributed by atoms with van der Waals surface area (Å²) in [6, 6.07) is 0. The van der Waals surface area contributed by atoms with E-state index in [0.717, 1.165) is 0 Å². The fourth-order valence-corrected chi connectivity index (χ4v) is 0. The minimum Gasteiger partial charge on any atom is -0.809 e. The standard InChI is InChI=1S/2Au.3H2OS4/c;;3*1-5(2,3)4/h;;3*(H2,1,2,3,4)/q2*+3;;;/p-6. The van der Waals surface area contributed by atoms with Gasteiger partial charge in [-0.15, -0.1) is 0 Å². The molecule has 0 aliphatic rings. The predicted molar refractivity (Wildman–Crippen MR) is 90.7 cm³/mol. The van der Waals surface area contributed by atoms with Crippen LogP contribution in [-0.4, -0.2) is 13.7 Å². The van der Waals surface area contributed by atoms with Crippen LogP contribution >= 0.6 is 0 Å². The zero-order chi connectivity index (χ0) is 13.5. The Balaban J connectivity index is -0.0000000400. The molecule has 0 aromatic rings. The SMILES string of the molecule is [Au+3].[Au+3].[O-]S(=S)(=S)[S-].[O-]S(=S)(=S)[S-].[O-]S(=S)(=S)[S-]. The van der Waals surface area contributed by atoms with Crippen molar-refractivity contribution in [2.24, 2.45) is 0 Å². The van der Waals surface area contributed by atoms with Crippen molar-refractivity contribution >= 4 is 121 Å². The van der Waals surface area contributed by atoms with Crippen LogP contribution in [0.5, 0.6) is 0 Å². The smallest absolute Gasteiger partial charge is 0.809 e. The molecule has 0 bridgehead atoms. The minimum atomic E-state index is -2.67. The van der Waals surface area contributed by atoms with Crippen LogP contribution in [0.25, 0.3) is 0 Å². The summed E-state index contributed by atoms with van der Waals surface area (Å²) in [5.41, 5.74) is 0. The first kappa shape index (κ1) is 33.4. The van der Waals surface area contributed by atoms with E-state index in [1.165, 1.54) is 0 Å². The first-order chi connectivity index (χ1) is 6.00. The second-order valence-electron chi connectivity index (χ2n) is 1.22. The average Bonchev–Trinajstić information content (AvgIpc) is 1.41. The number of rotatable bonds is 0. The molecular weight excluding hydrogens is 827 g/mol. The van der Waals surface area contributed by atoms with E-state index in [1.807, 2.05) is 0 Å². The molecule has 0 fully saturated rings. The normalized spacial score (nSPS) is 10.2. The van der Waals surface area contributed by atoms with Crippen molar-refractivity contribution in [1.82, 2.24) is 0 Å². The van der Waals surface area contributed by atoms with Crippen LogP contribution in [0, 0.1) is 0 Å². The molecule has 0 saturated heterocycles. The van der Waals surface area contributed by atoms with Gasteiger partial charge in [-0.3, -0.25) is 19.4 Å². The molecule has 0 amide bonds. The molecular formula is Au2O3S12. The summed E-state index contributed by atoms with van der Waals surface area (Å²) in [7, 11) is 0. The van der Waals surface area contributed by atoms with Crippen molar-refractivity contribution in [3.05, 3.63) is 0 Å². The van der Waals surface area contributed by atoms with Gasteiger partial charge in [-0.25, -0.2) is 0 Å². The fourth-order valence-electron chi connectivity index (χ4n) is 0. The van der Waals surface area contributed by atoms with Crippen molar-refractivity contribution in [2.45, 2.75) is 0 Å². The summed E-state index contributed by atoms with van der Waals surface area (Å²) < 4.78 is 28.9. The second-order valence-corrected chi connectivity index (χ2v) is 22.0. The second kappa shape index (κ2) is 15.7. The van der Waals surface area contributed by atoms with Crippen LogP contribution < -0.4 is 0 Å². The molecule has 0 aromatic heterocycles. The van der Waals surface area contributed by atoms with Gasteiger partial charge in [-0.1, -0.05) is 67.1 Å². The molecule has 0 aliphatic heterocycles. The van der Waals surface area contributed by atoms with Gasteiger partial charge in [0, 0.05) is 0 Å². The van der Waals surface area contributed by atoms with Gasteiger partial charge in [-0.2, -0.15) is 0 Å². The molecule has 0 aliphatic carbocycles. The summed E-state index contributed by atoms with van der Waals surface area (Å²) in [5.74, 6) is 0. The third-order valence-corrected chi connectivity index (χ3v) is 0. The molecule has 0 heterocycles. The van der Waals surface area contributed by atoms with Crippen molar-refractivity contribution in [3.8, 4) is 0 Å². The Labute approximate surface area is 176 Å². The Morgan fingerprint density at radius 3 is 0.529 bits per heavy atom. The van der Waals surface area contributed by atoms with Crippen LogP contribution in [0.2, 0.25) is 0 Å². The van der Waals surface area contributed by atoms with Crippen molar-refractivity contribution in [3.63, 3.8) is 0 Å². The van der Waals surface area contributed by atoms with Crippen LogP contribution in [0.1, 0.15) is 0 Å². The maximum absolute atomic E-state index is 9.63. The van der Waals surface area contributed by atoms with E-state index >= 15 is 0 Å².